The highest BCUT2D eigenvalue weighted by Crippen LogP contribution is 2.35. The zero-order chi connectivity index (χ0) is 24.8. The van der Waals surface area contributed by atoms with Gasteiger partial charge in [-0.3, -0.25) is 14.6 Å². The standard InChI is InChI=1S/C27H37N3O4S/c1-3-4-5-19-6-8-20(9-7-19)26(27(28)32)30-14-12-29(13-15-30)17-22(31)25-18-33-24-16-21(35-2)10-11-23(24)34-25/h6-11,16,22,25-26,31H,3-5,12-15,17-18H2,1-2H3,(H2,28,32). The lowest BCUT2D eigenvalue weighted by atomic mass is 10.00. The van der Waals surface area contributed by atoms with Gasteiger partial charge >= 0.3 is 0 Å². The van der Waals surface area contributed by atoms with Crippen molar-refractivity contribution in [3.8, 4) is 11.5 Å². The zero-order valence-electron chi connectivity index (χ0n) is 20.7. The molecule has 1 fully saturated rings. The number of ether oxygens (including phenoxy) is 2. The molecule has 1 saturated heterocycles. The summed E-state index contributed by atoms with van der Waals surface area (Å²) < 4.78 is 11.9. The molecule has 4 rings (SSSR count). The van der Waals surface area contributed by atoms with E-state index in [2.05, 4.69) is 28.9 Å². The van der Waals surface area contributed by atoms with E-state index in [-0.39, 0.29) is 5.91 Å². The lowest BCUT2D eigenvalue weighted by molar-refractivity contribution is -0.124. The second-order valence-electron chi connectivity index (χ2n) is 9.33. The highest BCUT2D eigenvalue weighted by molar-refractivity contribution is 7.98. The highest BCUT2D eigenvalue weighted by Gasteiger charge is 2.32. The van der Waals surface area contributed by atoms with Gasteiger partial charge in [-0.2, -0.15) is 0 Å². The fraction of sp³-hybridized carbons (Fsp3) is 0.519. The van der Waals surface area contributed by atoms with Gasteiger partial charge in [-0.1, -0.05) is 37.6 Å². The van der Waals surface area contributed by atoms with Crippen LogP contribution in [0.3, 0.4) is 0 Å². The van der Waals surface area contributed by atoms with E-state index in [1.807, 2.05) is 36.6 Å². The van der Waals surface area contributed by atoms with E-state index in [0.29, 0.717) is 32.0 Å². The summed E-state index contributed by atoms with van der Waals surface area (Å²) in [6, 6.07) is 13.7. The molecule has 2 heterocycles. The molecule has 35 heavy (non-hydrogen) atoms. The Hall–Kier alpha value is -2.26. The van der Waals surface area contributed by atoms with Gasteiger partial charge in [-0.05, 0) is 48.4 Å². The van der Waals surface area contributed by atoms with Crippen molar-refractivity contribution < 1.29 is 19.4 Å². The molecule has 0 aromatic heterocycles. The van der Waals surface area contributed by atoms with Gasteiger partial charge in [0.15, 0.2) is 17.6 Å². The maximum atomic E-state index is 12.4. The van der Waals surface area contributed by atoms with Gasteiger partial charge in [-0.15, -0.1) is 11.8 Å². The van der Waals surface area contributed by atoms with E-state index in [1.54, 1.807) is 11.8 Å². The largest absolute Gasteiger partial charge is 0.486 e. The van der Waals surface area contributed by atoms with Crippen LogP contribution in [0.15, 0.2) is 47.4 Å². The number of carbonyl (C=O) groups is 1. The van der Waals surface area contributed by atoms with Crippen LogP contribution in [0.25, 0.3) is 0 Å². The Morgan fingerprint density at radius 3 is 2.54 bits per heavy atom. The number of unbranched alkanes of at least 4 members (excludes halogenated alkanes) is 1. The highest BCUT2D eigenvalue weighted by atomic mass is 32.2. The molecule has 0 aliphatic carbocycles. The molecule has 8 heteroatoms. The number of aliphatic hydroxyl groups excluding tert-OH is 1. The zero-order valence-corrected chi connectivity index (χ0v) is 21.5. The Morgan fingerprint density at radius 2 is 1.89 bits per heavy atom. The van der Waals surface area contributed by atoms with E-state index >= 15 is 0 Å². The van der Waals surface area contributed by atoms with E-state index in [9.17, 15) is 9.90 Å². The van der Waals surface area contributed by atoms with Crippen LogP contribution in [-0.4, -0.2) is 78.6 Å². The van der Waals surface area contributed by atoms with Crippen molar-refractivity contribution in [2.75, 3.05) is 45.6 Å². The lowest BCUT2D eigenvalue weighted by Crippen LogP contribution is -2.54. The minimum atomic E-state index is -0.669. The van der Waals surface area contributed by atoms with Crippen molar-refractivity contribution in [1.82, 2.24) is 9.80 Å². The van der Waals surface area contributed by atoms with E-state index in [0.717, 1.165) is 48.6 Å². The van der Waals surface area contributed by atoms with Gasteiger partial charge in [0, 0.05) is 37.6 Å². The van der Waals surface area contributed by atoms with Crippen molar-refractivity contribution in [3.63, 3.8) is 0 Å². The monoisotopic (exact) mass is 499 g/mol. The van der Waals surface area contributed by atoms with Gasteiger partial charge < -0.3 is 20.3 Å². The number of β-amino-alcohol motifs (C(OH)–C–C–N with tert-alkyl or cyclic N) is 1. The second kappa shape index (κ2) is 12.1. The first-order valence-corrected chi connectivity index (χ1v) is 13.7. The Labute approximate surface area is 212 Å². The first-order chi connectivity index (χ1) is 17.0. The van der Waals surface area contributed by atoms with Gasteiger partial charge in [0.05, 0.1) is 0 Å². The van der Waals surface area contributed by atoms with E-state index in [1.165, 1.54) is 5.56 Å². The summed E-state index contributed by atoms with van der Waals surface area (Å²) in [5.74, 6) is 1.08. The molecule has 0 saturated carbocycles. The van der Waals surface area contributed by atoms with Gasteiger partial charge in [0.2, 0.25) is 5.91 Å². The number of rotatable bonds is 10. The summed E-state index contributed by atoms with van der Waals surface area (Å²) in [4.78, 5) is 17.8. The average Bonchev–Trinajstić information content (AvgIpc) is 2.88. The number of primary amides is 1. The molecular formula is C27H37N3O4S. The van der Waals surface area contributed by atoms with Crippen LogP contribution in [0.2, 0.25) is 0 Å². The number of nitrogens with two attached hydrogens (primary N) is 1. The number of fused-ring (bicyclic) bond motifs is 1. The molecule has 0 radical (unpaired) electrons. The normalized spacial score (nSPS) is 20.4. The number of hydrogen-bond donors (Lipinski definition) is 2. The number of carbonyl (C=O) groups excluding carboxylic acids is 1. The number of piperazine rings is 1. The lowest BCUT2D eigenvalue weighted by Gasteiger charge is -2.40. The van der Waals surface area contributed by atoms with Gasteiger partial charge in [0.1, 0.15) is 18.8 Å². The summed E-state index contributed by atoms with van der Waals surface area (Å²) in [5, 5.41) is 10.8. The van der Waals surface area contributed by atoms with Crippen LogP contribution in [-0.2, 0) is 11.2 Å². The second-order valence-corrected chi connectivity index (χ2v) is 10.2. The van der Waals surface area contributed by atoms with Crippen LogP contribution in [0.5, 0.6) is 11.5 Å². The molecule has 2 aromatic rings. The van der Waals surface area contributed by atoms with Crippen LogP contribution < -0.4 is 15.2 Å². The Bertz CT molecular complexity index is 979. The number of aliphatic hydroxyl groups is 1. The van der Waals surface area contributed by atoms with Crippen LogP contribution in [0.1, 0.15) is 36.9 Å². The van der Waals surface area contributed by atoms with Crippen LogP contribution in [0.4, 0.5) is 0 Å². The summed E-state index contributed by atoms with van der Waals surface area (Å²) in [5.41, 5.74) is 8.06. The fourth-order valence-electron chi connectivity index (χ4n) is 4.77. The summed E-state index contributed by atoms with van der Waals surface area (Å²) >= 11 is 1.65. The molecule has 3 atom stereocenters. The van der Waals surface area contributed by atoms with Crippen molar-refractivity contribution in [1.29, 1.82) is 0 Å². The van der Waals surface area contributed by atoms with E-state index in [4.69, 9.17) is 15.2 Å². The number of hydrogen-bond acceptors (Lipinski definition) is 7. The molecule has 0 spiro atoms. The van der Waals surface area contributed by atoms with Gasteiger partial charge in [-0.25, -0.2) is 0 Å². The summed E-state index contributed by atoms with van der Waals surface area (Å²) in [7, 11) is 0. The number of benzene rings is 2. The molecule has 0 bridgehead atoms. The molecule has 1 amide bonds. The summed E-state index contributed by atoms with van der Waals surface area (Å²) in [6.45, 7) is 5.91. The van der Waals surface area contributed by atoms with Gasteiger partial charge in [0.25, 0.3) is 0 Å². The van der Waals surface area contributed by atoms with E-state index < -0.39 is 18.2 Å². The molecule has 2 aromatic carbocycles. The molecule has 190 valence electrons. The topological polar surface area (TPSA) is 88.3 Å². The number of nitrogens with zero attached hydrogens (tertiary/aromatic N) is 2. The number of amides is 1. The number of aryl methyl sites for hydroxylation is 1. The molecule has 2 aliphatic heterocycles. The first-order valence-electron chi connectivity index (χ1n) is 12.5. The van der Waals surface area contributed by atoms with Crippen LogP contribution >= 0.6 is 11.8 Å². The molecular weight excluding hydrogens is 462 g/mol. The Balaban J connectivity index is 1.30. The molecule has 3 N–H and O–H groups in total. The predicted octanol–water partition coefficient (Wildman–Crippen LogP) is 3.10. The van der Waals surface area contributed by atoms with Crippen molar-refractivity contribution in [2.24, 2.45) is 5.73 Å². The van der Waals surface area contributed by atoms with Crippen molar-refractivity contribution in [3.05, 3.63) is 53.6 Å². The predicted molar refractivity (Wildman–Crippen MR) is 139 cm³/mol. The minimum absolute atomic E-state index is 0.323. The molecule has 3 unspecified atom stereocenters. The number of thioether (sulfide) groups is 1. The quantitative estimate of drug-likeness (QED) is 0.486. The minimum Gasteiger partial charge on any atom is -0.486 e. The first kappa shape index (κ1) is 25.8. The van der Waals surface area contributed by atoms with Crippen molar-refractivity contribution in [2.45, 2.75) is 49.3 Å². The maximum absolute atomic E-state index is 12.4. The maximum Gasteiger partial charge on any atom is 0.239 e. The van der Waals surface area contributed by atoms with Crippen molar-refractivity contribution >= 4 is 17.7 Å². The third-order valence-electron chi connectivity index (χ3n) is 6.86. The fourth-order valence-corrected chi connectivity index (χ4v) is 5.20. The Kier molecular flexibility index (Phi) is 8.94. The third kappa shape index (κ3) is 6.50. The smallest absolute Gasteiger partial charge is 0.239 e. The SMILES string of the molecule is CCCCc1ccc(C(C(N)=O)N2CCN(CC(O)C3COc4cc(SC)ccc4O3)CC2)cc1. The third-order valence-corrected chi connectivity index (χ3v) is 7.59. The Morgan fingerprint density at radius 1 is 1.14 bits per heavy atom. The molecule has 2 aliphatic rings. The summed E-state index contributed by atoms with van der Waals surface area (Å²) in [6.07, 6.45) is 4.32. The molecule has 7 nitrogen and oxygen atoms in total. The van der Waals surface area contributed by atoms with Crippen LogP contribution in [0, 0.1) is 0 Å². The average molecular weight is 500 g/mol.